The molecule has 104 valence electrons. The molecule has 0 bridgehead atoms. The van der Waals surface area contributed by atoms with E-state index in [1.54, 1.807) is 24.3 Å². The summed E-state index contributed by atoms with van der Waals surface area (Å²) in [6, 6.07) is 10.4. The van der Waals surface area contributed by atoms with E-state index in [-0.39, 0.29) is 17.9 Å². The highest BCUT2D eigenvalue weighted by Crippen LogP contribution is 2.28. The number of benzene rings is 2. The van der Waals surface area contributed by atoms with Crippen LogP contribution in [0, 0.1) is 5.82 Å². The number of aromatic carboxylic acids is 1. The van der Waals surface area contributed by atoms with E-state index in [0.717, 1.165) is 11.6 Å². The lowest BCUT2D eigenvalue weighted by atomic mass is 10.1. The number of para-hydroxylation sites is 1. The van der Waals surface area contributed by atoms with E-state index in [4.69, 9.17) is 14.9 Å². The Balaban J connectivity index is 2.27. The molecule has 0 unspecified atom stereocenters. The van der Waals surface area contributed by atoms with E-state index in [1.165, 1.54) is 12.1 Å². The average Bonchev–Trinajstić information content (AvgIpc) is 2.43. The first-order valence-corrected chi connectivity index (χ1v) is 6.01. The minimum atomic E-state index is -1.25. The fourth-order valence-corrected chi connectivity index (χ4v) is 1.75. The van der Waals surface area contributed by atoms with Crippen LogP contribution in [0.15, 0.2) is 42.5 Å². The average molecular weight is 276 g/mol. The van der Waals surface area contributed by atoms with Crippen LogP contribution < -0.4 is 4.74 Å². The number of halogens is 1. The van der Waals surface area contributed by atoms with Gasteiger partial charge in [-0.1, -0.05) is 18.2 Å². The predicted molar refractivity (Wildman–Crippen MR) is 70.7 cm³/mol. The monoisotopic (exact) mass is 276 g/mol. The Kier molecular flexibility index (Phi) is 4.32. The van der Waals surface area contributed by atoms with Crippen LogP contribution in [0.25, 0.3) is 0 Å². The molecule has 2 rings (SSSR count). The summed E-state index contributed by atoms with van der Waals surface area (Å²) in [4.78, 5) is 11.0. The van der Waals surface area contributed by atoms with Crippen molar-refractivity contribution in [3.05, 3.63) is 59.4 Å². The molecule has 0 aliphatic rings. The largest absolute Gasteiger partial charge is 0.478 e. The minimum Gasteiger partial charge on any atom is -0.478 e. The van der Waals surface area contributed by atoms with Crippen LogP contribution in [0.3, 0.4) is 0 Å². The van der Waals surface area contributed by atoms with Crippen LogP contribution in [0.4, 0.5) is 4.39 Å². The van der Waals surface area contributed by atoms with Crippen molar-refractivity contribution < 1.29 is 24.1 Å². The maximum Gasteiger partial charge on any atom is 0.339 e. The van der Waals surface area contributed by atoms with Crippen molar-refractivity contribution in [1.29, 1.82) is 0 Å². The molecule has 0 aliphatic heterocycles. The summed E-state index contributed by atoms with van der Waals surface area (Å²) in [6.07, 6.45) is 0.514. The van der Waals surface area contributed by atoms with E-state index >= 15 is 0 Å². The third-order valence-electron chi connectivity index (χ3n) is 2.74. The van der Waals surface area contributed by atoms with E-state index in [9.17, 15) is 9.18 Å². The van der Waals surface area contributed by atoms with Crippen LogP contribution >= 0.6 is 0 Å². The molecule has 0 amide bonds. The van der Waals surface area contributed by atoms with Gasteiger partial charge in [0.05, 0.1) is 0 Å². The first kappa shape index (κ1) is 14.0. The summed E-state index contributed by atoms with van der Waals surface area (Å²) in [6.45, 7) is 0.0384. The van der Waals surface area contributed by atoms with Crippen LogP contribution in [0.5, 0.6) is 11.5 Å². The number of carbonyl (C=O) groups is 1. The van der Waals surface area contributed by atoms with Gasteiger partial charge >= 0.3 is 5.97 Å². The molecule has 0 spiro atoms. The van der Waals surface area contributed by atoms with Crippen molar-refractivity contribution in [2.45, 2.75) is 6.42 Å². The van der Waals surface area contributed by atoms with Crippen LogP contribution in [-0.4, -0.2) is 22.8 Å². The highest BCUT2D eigenvalue weighted by Gasteiger charge is 2.16. The Labute approximate surface area is 115 Å². The Morgan fingerprint density at radius 1 is 1.15 bits per heavy atom. The molecular formula is C15H13FO4. The quantitative estimate of drug-likeness (QED) is 0.881. The SMILES string of the molecule is O=C(O)c1cccc(F)c1Oc1ccc(CCO)cc1. The number of hydrogen-bond acceptors (Lipinski definition) is 3. The normalized spacial score (nSPS) is 10.3. The summed E-state index contributed by atoms with van der Waals surface area (Å²) in [7, 11) is 0. The molecule has 5 heteroatoms. The topological polar surface area (TPSA) is 66.8 Å². The molecule has 0 atom stereocenters. The van der Waals surface area contributed by atoms with Gasteiger partial charge in [-0.15, -0.1) is 0 Å². The van der Waals surface area contributed by atoms with Gasteiger partial charge in [-0.05, 0) is 36.2 Å². The fraction of sp³-hybridized carbons (Fsp3) is 0.133. The van der Waals surface area contributed by atoms with E-state index in [1.807, 2.05) is 0 Å². The molecule has 2 aromatic rings. The maximum absolute atomic E-state index is 13.7. The second-order valence-corrected chi connectivity index (χ2v) is 4.14. The van der Waals surface area contributed by atoms with Gasteiger partial charge in [0.25, 0.3) is 0 Å². The standard InChI is InChI=1S/C15H13FO4/c16-13-3-1-2-12(15(18)19)14(13)20-11-6-4-10(5-7-11)8-9-17/h1-7,17H,8-9H2,(H,18,19). The number of aliphatic hydroxyl groups excluding tert-OH is 1. The van der Waals surface area contributed by atoms with Gasteiger partial charge in [0, 0.05) is 6.61 Å². The molecule has 2 aromatic carbocycles. The first-order valence-electron chi connectivity index (χ1n) is 6.01. The number of ether oxygens (including phenoxy) is 1. The Morgan fingerprint density at radius 2 is 1.85 bits per heavy atom. The zero-order chi connectivity index (χ0) is 14.5. The second kappa shape index (κ2) is 6.16. The van der Waals surface area contributed by atoms with Crippen molar-refractivity contribution in [2.75, 3.05) is 6.61 Å². The van der Waals surface area contributed by atoms with Crippen LogP contribution in [0.2, 0.25) is 0 Å². The van der Waals surface area contributed by atoms with Gasteiger partial charge in [0.1, 0.15) is 11.3 Å². The zero-order valence-electron chi connectivity index (χ0n) is 10.5. The number of aliphatic hydroxyl groups is 1. The second-order valence-electron chi connectivity index (χ2n) is 4.14. The lowest BCUT2D eigenvalue weighted by Gasteiger charge is -2.10. The van der Waals surface area contributed by atoms with Gasteiger partial charge in [0.2, 0.25) is 0 Å². The molecule has 0 aromatic heterocycles. The first-order chi connectivity index (χ1) is 9.61. The van der Waals surface area contributed by atoms with Crippen LogP contribution in [-0.2, 0) is 6.42 Å². The van der Waals surface area contributed by atoms with Crippen molar-refractivity contribution in [1.82, 2.24) is 0 Å². The van der Waals surface area contributed by atoms with Crippen molar-refractivity contribution >= 4 is 5.97 Å². The Morgan fingerprint density at radius 3 is 2.45 bits per heavy atom. The number of rotatable bonds is 5. The third-order valence-corrected chi connectivity index (χ3v) is 2.74. The smallest absolute Gasteiger partial charge is 0.339 e. The summed E-state index contributed by atoms with van der Waals surface area (Å²) < 4.78 is 19.0. The Hall–Kier alpha value is -2.40. The molecule has 2 N–H and O–H groups in total. The molecular weight excluding hydrogens is 263 g/mol. The molecule has 0 heterocycles. The van der Waals surface area contributed by atoms with Crippen molar-refractivity contribution in [3.63, 3.8) is 0 Å². The highest BCUT2D eigenvalue weighted by atomic mass is 19.1. The van der Waals surface area contributed by atoms with Crippen molar-refractivity contribution in [3.8, 4) is 11.5 Å². The zero-order valence-corrected chi connectivity index (χ0v) is 10.5. The van der Waals surface area contributed by atoms with Crippen LogP contribution in [0.1, 0.15) is 15.9 Å². The predicted octanol–water partition coefficient (Wildman–Crippen LogP) is 2.85. The van der Waals surface area contributed by atoms with E-state index < -0.39 is 11.8 Å². The maximum atomic E-state index is 13.7. The van der Waals surface area contributed by atoms with Gasteiger partial charge < -0.3 is 14.9 Å². The summed E-state index contributed by atoms with van der Waals surface area (Å²) in [5.74, 6) is -1.96. The lowest BCUT2D eigenvalue weighted by Crippen LogP contribution is -2.02. The van der Waals surface area contributed by atoms with E-state index in [2.05, 4.69) is 0 Å². The number of carboxylic acid groups (broad SMARTS) is 1. The summed E-state index contributed by atoms with van der Waals surface area (Å²) in [5.41, 5.74) is 0.677. The lowest BCUT2D eigenvalue weighted by molar-refractivity contribution is 0.0693. The molecule has 0 radical (unpaired) electrons. The molecule has 0 aliphatic carbocycles. The third kappa shape index (κ3) is 3.13. The highest BCUT2D eigenvalue weighted by molar-refractivity contribution is 5.91. The number of hydrogen-bond donors (Lipinski definition) is 2. The number of carboxylic acids is 1. The fourth-order valence-electron chi connectivity index (χ4n) is 1.75. The molecule has 20 heavy (non-hydrogen) atoms. The molecule has 0 fully saturated rings. The van der Waals surface area contributed by atoms with Crippen molar-refractivity contribution in [2.24, 2.45) is 0 Å². The molecule has 0 saturated heterocycles. The molecule has 4 nitrogen and oxygen atoms in total. The molecule has 0 saturated carbocycles. The van der Waals surface area contributed by atoms with Gasteiger partial charge in [-0.3, -0.25) is 0 Å². The minimum absolute atomic E-state index is 0.0384. The Bertz CT molecular complexity index is 608. The van der Waals surface area contributed by atoms with E-state index in [0.29, 0.717) is 12.2 Å². The summed E-state index contributed by atoms with van der Waals surface area (Å²) in [5, 5.41) is 17.8. The van der Waals surface area contributed by atoms with Gasteiger partial charge in [0.15, 0.2) is 11.6 Å². The summed E-state index contributed by atoms with van der Waals surface area (Å²) >= 11 is 0. The van der Waals surface area contributed by atoms with Gasteiger partial charge in [-0.2, -0.15) is 0 Å². The van der Waals surface area contributed by atoms with Gasteiger partial charge in [-0.25, -0.2) is 9.18 Å².